The van der Waals surface area contributed by atoms with Crippen LogP contribution in [-0.2, 0) is 6.54 Å². The van der Waals surface area contributed by atoms with E-state index < -0.39 is 0 Å². The molecule has 2 heterocycles. The third kappa shape index (κ3) is 2.69. The van der Waals surface area contributed by atoms with E-state index in [2.05, 4.69) is 34.6 Å². The summed E-state index contributed by atoms with van der Waals surface area (Å²) < 4.78 is 7.50. The molecule has 4 nitrogen and oxygen atoms in total. The molecule has 0 unspecified atom stereocenters. The van der Waals surface area contributed by atoms with Gasteiger partial charge in [0.2, 0.25) is 0 Å². The normalized spacial score (nSPS) is 11.0. The first-order valence-electron chi connectivity index (χ1n) is 7.28. The van der Waals surface area contributed by atoms with E-state index in [1.807, 2.05) is 29.0 Å². The topological polar surface area (TPSA) is 43.0 Å². The summed E-state index contributed by atoms with van der Waals surface area (Å²) in [6.45, 7) is 0.710. The lowest BCUT2D eigenvalue weighted by Gasteiger charge is -2.09. The number of imidazole rings is 1. The van der Waals surface area contributed by atoms with Crippen LogP contribution in [0.2, 0.25) is 5.02 Å². The highest BCUT2D eigenvalue weighted by molar-refractivity contribution is 6.35. The summed E-state index contributed by atoms with van der Waals surface area (Å²) in [4.78, 5) is 4.06. The van der Waals surface area contributed by atoms with Crippen LogP contribution < -0.4 is 5.32 Å². The number of halogens is 1. The van der Waals surface area contributed by atoms with Crippen LogP contribution in [0.15, 0.2) is 71.9 Å². The minimum absolute atomic E-state index is 0.698. The number of fused-ring (bicyclic) bond motifs is 1. The predicted molar refractivity (Wildman–Crippen MR) is 92.1 cm³/mol. The number of benzene rings is 2. The minimum atomic E-state index is 0.698. The first-order chi connectivity index (χ1) is 11.3. The van der Waals surface area contributed by atoms with Gasteiger partial charge in [0, 0.05) is 30.0 Å². The van der Waals surface area contributed by atoms with Gasteiger partial charge in [-0.1, -0.05) is 23.7 Å². The van der Waals surface area contributed by atoms with Crippen molar-refractivity contribution in [3.05, 3.63) is 78.0 Å². The average Bonchev–Trinajstić information content (AvgIpc) is 3.27. The van der Waals surface area contributed by atoms with Gasteiger partial charge in [-0.05, 0) is 35.9 Å². The minimum Gasteiger partial charge on any atom is -0.462 e. The van der Waals surface area contributed by atoms with E-state index in [4.69, 9.17) is 16.0 Å². The van der Waals surface area contributed by atoms with Crippen molar-refractivity contribution in [2.24, 2.45) is 0 Å². The molecule has 0 aliphatic rings. The molecule has 0 atom stereocenters. The third-order valence-corrected chi connectivity index (χ3v) is 4.11. The zero-order chi connectivity index (χ0) is 15.6. The molecule has 0 saturated heterocycles. The maximum atomic E-state index is 6.16. The van der Waals surface area contributed by atoms with Crippen molar-refractivity contribution in [1.82, 2.24) is 9.55 Å². The Morgan fingerprint density at radius 2 is 1.96 bits per heavy atom. The van der Waals surface area contributed by atoms with Gasteiger partial charge in [-0.15, -0.1) is 0 Å². The number of rotatable bonds is 4. The van der Waals surface area contributed by atoms with E-state index in [1.54, 1.807) is 18.8 Å². The van der Waals surface area contributed by atoms with E-state index in [-0.39, 0.29) is 0 Å². The summed E-state index contributed by atoms with van der Waals surface area (Å²) in [5.41, 5.74) is 4.00. The number of nitrogens with zero attached hydrogens (tertiary/aromatic N) is 2. The largest absolute Gasteiger partial charge is 0.462 e. The van der Waals surface area contributed by atoms with Crippen molar-refractivity contribution in [3.8, 4) is 5.69 Å². The highest BCUT2D eigenvalue weighted by atomic mass is 35.5. The second kappa shape index (κ2) is 5.82. The highest BCUT2D eigenvalue weighted by Crippen LogP contribution is 2.31. The molecule has 0 saturated carbocycles. The van der Waals surface area contributed by atoms with Gasteiger partial charge in [-0.2, -0.15) is 0 Å². The summed E-state index contributed by atoms with van der Waals surface area (Å²) >= 11 is 6.16. The number of aromatic nitrogens is 2. The second-order valence-electron chi connectivity index (χ2n) is 5.25. The van der Waals surface area contributed by atoms with Crippen LogP contribution in [0.3, 0.4) is 0 Å². The van der Waals surface area contributed by atoms with Crippen molar-refractivity contribution >= 4 is 28.3 Å². The number of anilines is 1. The lowest BCUT2D eigenvalue weighted by atomic mass is 10.2. The summed E-state index contributed by atoms with van der Waals surface area (Å²) in [5.74, 6) is 0. The Labute approximate surface area is 138 Å². The second-order valence-corrected chi connectivity index (χ2v) is 5.66. The molecule has 0 aliphatic heterocycles. The van der Waals surface area contributed by atoms with Crippen LogP contribution in [0.1, 0.15) is 5.56 Å². The van der Waals surface area contributed by atoms with Gasteiger partial charge in [0.05, 0.1) is 23.3 Å². The molecule has 2 aromatic heterocycles. The van der Waals surface area contributed by atoms with Crippen LogP contribution in [-0.4, -0.2) is 9.55 Å². The lowest BCUT2D eigenvalue weighted by molar-refractivity contribution is 0.616. The van der Waals surface area contributed by atoms with Gasteiger partial charge in [0.25, 0.3) is 0 Å². The Balaban J connectivity index is 1.52. The molecule has 4 rings (SSSR count). The number of hydrogen-bond donors (Lipinski definition) is 1. The van der Waals surface area contributed by atoms with Gasteiger partial charge in [0.15, 0.2) is 5.58 Å². The molecule has 0 amide bonds. The Kier molecular flexibility index (Phi) is 3.52. The number of hydrogen-bond acceptors (Lipinski definition) is 3. The molecular formula is C18H14ClN3O. The van der Waals surface area contributed by atoms with Crippen molar-refractivity contribution in [1.29, 1.82) is 0 Å². The molecule has 0 fully saturated rings. The Morgan fingerprint density at radius 3 is 2.74 bits per heavy atom. The SMILES string of the molecule is Clc1ccc(NCc2ccc(-n3ccnc3)cc2)c2occc12. The molecule has 114 valence electrons. The molecule has 0 spiro atoms. The third-order valence-electron chi connectivity index (χ3n) is 3.79. The number of nitrogens with one attached hydrogen (secondary N) is 1. The van der Waals surface area contributed by atoms with Gasteiger partial charge in [-0.3, -0.25) is 0 Å². The Bertz CT molecular complexity index is 927. The van der Waals surface area contributed by atoms with E-state index in [1.165, 1.54) is 5.56 Å². The highest BCUT2D eigenvalue weighted by Gasteiger charge is 2.07. The first kappa shape index (κ1) is 13.9. The molecule has 0 bridgehead atoms. The van der Waals surface area contributed by atoms with Crippen molar-refractivity contribution in [3.63, 3.8) is 0 Å². The van der Waals surface area contributed by atoms with Crippen LogP contribution in [0.25, 0.3) is 16.7 Å². The van der Waals surface area contributed by atoms with Crippen LogP contribution in [0, 0.1) is 0 Å². The zero-order valence-corrected chi connectivity index (χ0v) is 13.0. The predicted octanol–water partition coefficient (Wildman–Crippen LogP) is 4.88. The maximum absolute atomic E-state index is 6.16. The number of furan rings is 1. The van der Waals surface area contributed by atoms with E-state index in [0.717, 1.165) is 22.3 Å². The van der Waals surface area contributed by atoms with Gasteiger partial charge in [0.1, 0.15) is 0 Å². The van der Waals surface area contributed by atoms with E-state index in [9.17, 15) is 0 Å². The Hall–Kier alpha value is -2.72. The molecule has 0 radical (unpaired) electrons. The average molecular weight is 324 g/mol. The fourth-order valence-corrected chi connectivity index (χ4v) is 2.77. The summed E-state index contributed by atoms with van der Waals surface area (Å²) in [6.07, 6.45) is 7.13. The molecule has 1 N–H and O–H groups in total. The summed E-state index contributed by atoms with van der Waals surface area (Å²) in [5, 5.41) is 5.02. The quantitative estimate of drug-likeness (QED) is 0.582. The van der Waals surface area contributed by atoms with E-state index >= 15 is 0 Å². The van der Waals surface area contributed by atoms with Crippen LogP contribution >= 0.6 is 11.6 Å². The molecule has 2 aromatic carbocycles. The lowest BCUT2D eigenvalue weighted by Crippen LogP contribution is -2.00. The Morgan fingerprint density at radius 1 is 1.09 bits per heavy atom. The van der Waals surface area contributed by atoms with Crippen LogP contribution in [0.5, 0.6) is 0 Å². The smallest absolute Gasteiger partial charge is 0.158 e. The fourth-order valence-electron chi connectivity index (χ4n) is 2.56. The van der Waals surface area contributed by atoms with Gasteiger partial charge in [-0.25, -0.2) is 4.98 Å². The van der Waals surface area contributed by atoms with Crippen LogP contribution in [0.4, 0.5) is 5.69 Å². The van der Waals surface area contributed by atoms with E-state index in [0.29, 0.717) is 11.6 Å². The zero-order valence-electron chi connectivity index (χ0n) is 12.2. The van der Waals surface area contributed by atoms with Crippen molar-refractivity contribution in [2.45, 2.75) is 6.54 Å². The molecule has 4 aromatic rings. The maximum Gasteiger partial charge on any atom is 0.158 e. The van der Waals surface area contributed by atoms with Crippen molar-refractivity contribution in [2.75, 3.05) is 5.32 Å². The molecular weight excluding hydrogens is 310 g/mol. The standard InChI is InChI=1S/C18H14ClN3O/c19-16-5-6-17(18-15(16)7-10-23-18)21-11-13-1-3-14(4-2-13)22-9-8-20-12-22/h1-10,12,21H,11H2. The fraction of sp³-hybridized carbons (Fsp3) is 0.0556. The first-order valence-corrected chi connectivity index (χ1v) is 7.66. The summed E-state index contributed by atoms with van der Waals surface area (Å²) in [6, 6.07) is 14.0. The molecule has 23 heavy (non-hydrogen) atoms. The molecule has 0 aliphatic carbocycles. The van der Waals surface area contributed by atoms with Gasteiger partial charge < -0.3 is 14.3 Å². The monoisotopic (exact) mass is 323 g/mol. The van der Waals surface area contributed by atoms with Crippen molar-refractivity contribution < 1.29 is 4.42 Å². The summed E-state index contributed by atoms with van der Waals surface area (Å²) in [7, 11) is 0. The van der Waals surface area contributed by atoms with Gasteiger partial charge >= 0.3 is 0 Å². The molecule has 5 heteroatoms.